The van der Waals surface area contributed by atoms with Crippen molar-refractivity contribution in [2.45, 2.75) is 20.0 Å². The molecule has 3 aromatic carbocycles. The first-order valence-electron chi connectivity index (χ1n) is 11.5. The average molecular weight is 580 g/mol. The Labute approximate surface area is 226 Å². The number of imide groups is 2. The van der Waals surface area contributed by atoms with E-state index in [0.29, 0.717) is 39.2 Å². The largest absolute Gasteiger partial charge is 0.493 e. The van der Waals surface area contributed by atoms with Gasteiger partial charge in [0.2, 0.25) is 0 Å². The minimum atomic E-state index is -0.818. The van der Waals surface area contributed by atoms with Gasteiger partial charge in [-0.3, -0.25) is 25.0 Å². The monoisotopic (exact) mass is 579 g/mol. The molecule has 0 aliphatic carbocycles. The number of nitrogens with one attached hydrogen (secondary N) is 1. The van der Waals surface area contributed by atoms with Crippen molar-refractivity contribution in [2.24, 2.45) is 0 Å². The molecule has 11 heteroatoms. The summed E-state index contributed by atoms with van der Waals surface area (Å²) in [5.41, 5.74) is 1.92. The molecule has 0 spiro atoms. The van der Waals surface area contributed by atoms with Crippen molar-refractivity contribution >= 4 is 51.2 Å². The van der Waals surface area contributed by atoms with E-state index >= 15 is 0 Å². The van der Waals surface area contributed by atoms with Gasteiger partial charge in [0.1, 0.15) is 12.2 Å². The molecule has 1 fully saturated rings. The third-order valence-corrected chi connectivity index (χ3v) is 6.37. The number of halogens is 1. The number of benzene rings is 3. The Morgan fingerprint density at radius 3 is 2.55 bits per heavy atom. The summed E-state index contributed by atoms with van der Waals surface area (Å²) in [5.74, 6) is -0.939. The van der Waals surface area contributed by atoms with Gasteiger partial charge in [0.05, 0.1) is 22.2 Å². The van der Waals surface area contributed by atoms with Gasteiger partial charge in [0.25, 0.3) is 17.5 Å². The second-order valence-electron chi connectivity index (χ2n) is 8.19. The number of nitro benzene ring substituents is 1. The zero-order valence-electron chi connectivity index (χ0n) is 20.4. The minimum absolute atomic E-state index is 0.0336. The van der Waals surface area contributed by atoms with E-state index in [4.69, 9.17) is 9.47 Å². The van der Waals surface area contributed by atoms with Crippen LogP contribution in [0.1, 0.15) is 23.6 Å². The SMILES string of the molecule is CCc1ccccc1N1C(=O)NC(=O)/C(=C/c2cc(Br)c(OCc3cccc([N+](=O)[O-])c3)c(OC)c2)C1=O. The standard InChI is InChI=1S/C27H22BrN3O7/c1-3-18-8-4-5-10-22(18)30-26(33)20(25(32)29-27(30)34)12-17-13-21(28)24(23(14-17)37-2)38-15-16-7-6-9-19(11-16)31(35)36/h4-14H,3,15H2,1-2H3,(H,29,32,34)/b20-12-. The van der Waals surface area contributed by atoms with Crippen LogP contribution in [0.4, 0.5) is 16.2 Å². The Balaban J connectivity index is 1.64. The quantitative estimate of drug-likeness (QED) is 0.168. The summed E-state index contributed by atoms with van der Waals surface area (Å²) in [7, 11) is 1.43. The first-order valence-corrected chi connectivity index (χ1v) is 12.3. The van der Waals surface area contributed by atoms with Crippen molar-refractivity contribution in [1.29, 1.82) is 0 Å². The zero-order valence-corrected chi connectivity index (χ0v) is 22.0. The van der Waals surface area contributed by atoms with Gasteiger partial charge in [-0.2, -0.15) is 0 Å². The number of para-hydroxylation sites is 1. The maximum atomic E-state index is 13.3. The van der Waals surface area contributed by atoms with Crippen LogP contribution in [0, 0.1) is 10.1 Å². The molecule has 1 aliphatic rings. The number of aryl methyl sites for hydroxylation is 1. The first kappa shape index (κ1) is 26.6. The lowest BCUT2D eigenvalue weighted by Gasteiger charge is -2.28. The molecule has 10 nitrogen and oxygen atoms in total. The number of nitro groups is 1. The molecule has 4 amide bonds. The van der Waals surface area contributed by atoms with Gasteiger partial charge in [0, 0.05) is 12.1 Å². The van der Waals surface area contributed by atoms with E-state index in [0.717, 1.165) is 10.5 Å². The number of rotatable bonds is 8. The molecule has 3 aromatic rings. The summed E-state index contributed by atoms with van der Waals surface area (Å²) < 4.78 is 11.8. The van der Waals surface area contributed by atoms with Crippen LogP contribution >= 0.6 is 15.9 Å². The van der Waals surface area contributed by atoms with Crippen LogP contribution in [0.3, 0.4) is 0 Å². The normalized spacial score (nSPS) is 14.4. The number of urea groups is 1. The van der Waals surface area contributed by atoms with Crippen molar-refractivity contribution in [1.82, 2.24) is 5.32 Å². The molecule has 1 N–H and O–H groups in total. The molecule has 1 saturated heterocycles. The number of methoxy groups -OCH3 is 1. The fourth-order valence-electron chi connectivity index (χ4n) is 3.95. The van der Waals surface area contributed by atoms with E-state index in [1.807, 2.05) is 19.1 Å². The Morgan fingerprint density at radius 1 is 1.08 bits per heavy atom. The van der Waals surface area contributed by atoms with Crippen LogP contribution in [-0.4, -0.2) is 29.9 Å². The fourth-order valence-corrected chi connectivity index (χ4v) is 4.52. The van der Waals surface area contributed by atoms with Gasteiger partial charge in [-0.1, -0.05) is 37.3 Å². The third kappa shape index (κ3) is 5.42. The molecule has 0 aromatic heterocycles. The second-order valence-corrected chi connectivity index (χ2v) is 9.04. The number of hydrogen-bond acceptors (Lipinski definition) is 7. The Bertz CT molecular complexity index is 1490. The highest BCUT2D eigenvalue weighted by Gasteiger charge is 2.37. The zero-order chi connectivity index (χ0) is 27.4. The van der Waals surface area contributed by atoms with E-state index in [-0.39, 0.29) is 17.9 Å². The summed E-state index contributed by atoms with van der Waals surface area (Å²) in [6.45, 7) is 1.94. The van der Waals surface area contributed by atoms with Gasteiger partial charge < -0.3 is 9.47 Å². The lowest BCUT2D eigenvalue weighted by molar-refractivity contribution is -0.384. The van der Waals surface area contributed by atoms with Crippen LogP contribution < -0.4 is 19.7 Å². The Kier molecular flexibility index (Phi) is 7.87. The summed E-state index contributed by atoms with van der Waals surface area (Å²) >= 11 is 3.43. The number of non-ortho nitro benzene ring substituents is 1. The van der Waals surface area contributed by atoms with E-state index in [1.165, 1.54) is 25.3 Å². The highest BCUT2D eigenvalue weighted by atomic mass is 79.9. The minimum Gasteiger partial charge on any atom is -0.493 e. The van der Waals surface area contributed by atoms with E-state index in [2.05, 4.69) is 21.2 Å². The molecule has 0 saturated carbocycles. The Hall–Kier alpha value is -4.51. The molecule has 4 rings (SSSR count). The molecule has 0 radical (unpaired) electrons. The van der Waals surface area contributed by atoms with Crippen molar-refractivity contribution in [3.05, 3.63) is 97.5 Å². The number of nitrogens with zero attached hydrogens (tertiary/aromatic N) is 2. The maximum Gasteiger partial charge on any atom is 0.335 e. The molecular formula is C27H22BrN3O7. The van der Waals surface area contributed by atoms with Crippen molar-refractivity contribution < 1.29 is 28.8 Å². The lowest BCUT2D eigenvalue weighted by Crippen LogP contribution is -2.54. The van der Waals surface area contributed by atoms with E-state index in [1.54, 1.807) is 36.4 Å². The molecule has 0 atom stereocenters. The molecular weight excluding hydrogens is 558 g/mol. The van der Waals surface area contributed by atoms with Crippen LogP contribution in [0.15, 0.2) is 70.7 Å². The summed E-state index contributed by atoms with van der Waals surface area (Å²) in [4.78, 5) is 50.0. The number of carbonyl (C=O) groups is 3. The van der Waals surface area contributed by atoms with Gasteiger partial charge >= 0.3 is 6.03 Å². The molecule has 194 valence electrons. The van der Waals surface area contributed by atoms with E-state index in [9.17, 15) is 24.5 Å². The molecule has 1 aliphatic heterocycles. The summed E-state index contributed by atoms with van der Waals surface area (Å²) in [6.07, 6.45) is 1.95. The number of barbiturate groups is 1. The van der Waals surface area contributed by atoms with Crippen molar-refractivity contribution in [2.75, 3.05) is 12.0 Å². The predicted octanol–water partition coefficient (Wildman–Crippen LogP) is 5.17. The van der Waals surface area contributed by atoms with Crippen molar-refractivity contribution in [3.63, 3.8) is 0 Å². The number of amides is 4. The topological polar surface area (TPSA) is 128 Å². The molecule has 1 heterocycles. The molecule has 0 unspecified atom stereocenters. The van der Waals surface area contributed by atoms with Crippen LogP contribution in [0.25, 0.3) is 6.08 Å². The number of ether oxygens (including phenoxy) is 2. The van der Waals surface area contributed by atoms with Crippen LogP contribution in [-0.2, 0) is 22.6 Å². The van der Waals surface area contributed by atoms with Gasteiger partial charge in [0.15, 0.2) is 11.5 Å². The van der Waals surface area contributed by atoms with Gasteiger partial charge in [-0.05, 0) is 63.3 Å². The predicted molar refractivity (Wildman–Crippen MR) is 143 cm³/mol. The lowest BCUT2D eigenvalue weighted by atomic mass is 10.0. The van der Waals surface area contributed by atoms with Crippen LogP contribution in [0.2, 0.25) is 0 Å². The summed E-state index contributed by atoms with van der Waals surface area (Å²) in [5, 5.41) is 13.3. The van der Waals surface area contributed by atoms with Gasteiger partial charge in [-0.25, -0.2) is 9.69 Å². The smallest absolute Gasteiger partial charge is 0.335 e. The second kappa shape index (κ2) is 11.3. The van der Waals surface area contributed by atoms with Crippen molar-refractivity contribution in [3.8, 4) is 11.5 Å². The highest BCUT2D eigenvalue weighted by Crippen LogP contribution is 2.38. The highest BCUT2D eigenvalue weighted by molar-refractivity contribution is 9.10. The average Bonchev–Trinajstić information content (AvgIpc) is 2.90. The molecule has 38 heavy (non-hydrogen) atoms. The third-order valence-electron chi connectivity index (χ3n) is 5.78. The first-order chi connectivity index (χ1) is 18.2. The molecule has 0 bridgehead atoms. The number of anilines is 1. The summed E-state index contributed by atoms with van der Waals surface area (Å²) in [6, 6.07) is 15.4. The Morgan fingerprint density at radius 2 is 1.84 bits per heavy atom. The fraction of sp³-hybridized carbons (Fsp3) is 0.148. The van der Waals surface area contributed by atoms with Gasteiger partial charge in [-0.15, -0.1) is 0 Å². The number of hydrogen-bond donors (Lipinski definition) is 1. The number of carbonyl (C=O) groups excluding carboxylic acids is 3. The van der Waals surface area contributed by atoms with Crippen LogP contribution in [0.5, 0.6) is 11.5 Å². The maximum absolute atomic E-state index is 13.3. The van der Waals surface area contributed by atoms with E-state index < -0.39 is 22.8 Å².